The number of benzene rings is 1. The summed E-state index contributed by atoms with van der Waals surface area (Å²) in [5, 5.41) is 11.7. The lowest BCUT2D eigenvalue weighted by Crippen LogP contribution is -2.24. The fraction of sp³-hybridized carbons (Fsp3) is 0.500. The molecule has 1 aromatic carbocycles. The van der Waals surface area contributed by atoms with E-state index in [0.717, 1.165) is 19.5 Å². The van der Waals surface area contributed by atoms with Gasteiger partial charge < -0.3 is 10.6 Å². The first-order chi connectivity index (χ1) is 8.57. The quantitative estimate of drug-likeness (QED) is 0.741. The molecule has 1 aromatic rings. The van der Waals surface area contributed by atoms with E-state index in [0.29, 0.717) is 11.7 Å². The van der Waals surface area contributed by atoms with Crippen molar-refractivity contribution < 1.29 is 8.42 Å². The highest BCUT2D eigenvalue weighted by Crippen LogP contribution is 2.19. The van der Waals surface area contributed by atoms with E-state index in [9.17, 15) is 8.42 Å². The second kappa shape index (κ2) is 5.69. The van der Waals surface area contributed by atoms with Gasteiger partial charge >= 0.3 is 0 Å². The van der Waals surface area contributed by atoms with E-state index in [2.05, 4.69) is 10.6 Å². The van der Waals surface area contributed by atoms with E-state index in [1.807, 2.05) is 0 Å². The molecule has 0 bridgehead atoms. The van der Waals surface area contributed by atoms with Crippen LogP contribution in [0.25, 0.3) is 0 Å². The highest BCUT2D eigenvalue weighted by molar-refractivity contribution is 7.89. The van der Waals surface area contributed by atoms with E-state index in [1.165, 1.54) is 18.9 Å². The fourth-order valence-corrected chi connectivity index (χ4v) is 2.96. The molecule has 5 nitrogen and oxygen atoms in total. The van der Waals surface area contributed by atoms with Gasteiger partial charge in [0.1, 0.15) is 4.90 Å². The molecule has 1 heterocycles. The van der Waals surface area contributed by atoms with Crippen LogP contribution in [0.2, 0.25) is 0 Å². The minimum Gasteiger partial charge on any atom is -0.384 e. The van der Waals surface area contributed by atoms with Gasteiger partial charge in [-0.05, 0) is 37.9 Å². The van der Waals surface area contributed by atoms with Crippen molar-refractivity contribution in [1.82, 2.24) is 5.32 Å². The number of nitrogens with two attached hydrogens (primary N) is 1. The van der Waals surface area contributed by atoms with Gasteiger partial charge in [0.05, 0.1) is 5.69 Å². The molecule has 18 heavy (non-hydrogen) atoms. The van der Waals surface area contributed by atoms with Gasteiger partial charge in [0.15, 0.2) is 0 Å². The Hall–Kier alpha value is -1.11. The van der Waals surface area contributed by atoms with Crippen LogP contribution < -0.4 is 15.8 Å². The first kappa shape index (κ1) is 13.3. The number of sulfonamides is 1. The van der Waals surface area contributed by atoms with Crippen molar-refractivity contribution in [3.63, 3.8) is 0 Å². The molecular formula is C12H19N3O2S. The van der Waals surface area contributed by atoms with Gasteiger partial charge in [-0.15, -0.1) is 0 Å². The molecule has 0 saturated carbocycles. The van der Waals surface area contributed by atoms with Crippen molar-refractivity contribution >= 4 is 15.7 Å². The first-order valence-electron chi connectivity index (χ1n) is 6.16. The molecule has 0 spiro atoms. The average molecular weight is 269 g/mol. The van der Waals surface area contributed by atoms with E-state index in [-0.39, 0.29) is 4.90 Å². The highest BCUT2D eigenvalue weighted by Gasteiger charge is 2.15. The molecule has 1 fully saturated rings. The Kier molecular flexibility index (Phi) is 4.21. The Morgan fingerprint density at radius 1 is 1.39 bits per heavy atom. The van der Waals surface area contributed by atoms with Crippen LogP contribution in [0.1, 0.15) is 19.3 Å². The molecule has 6 heteroatoms. The molecule has 1 saturated heterocycles. The van der Waals surface area contributed by atoms with Crippen molar-refractivity contribution in [2.45, 2.75) is 30.2 Å². The molecule has 0 aliphatic carbocycles. The summed E-state index contributed by atoms with van der Waals surface area (Å²) in [6.45, 7) is 1.82. The monoisotopic (exact) mass is 269 g/mol. The van der Waals surface area contributed by atoms with Crippen molar-refractivity contribution in [2.24, 2.45) is 5.14 Å². The largest absolute Gasteiger partial charge is 0.384 e. The number of hydrogen-bond donors (Lipinski definition) is 3. The van der Waals surface area contributed by atoms with Crippen LogP contribution in [0.5, 0.6) is 0 Å². The van der Waals surface area contributed by atoms with E-state index < -0.39 is 10.0 Å². The molecule has 0 unspecified atom stereocenters. The lowest BCUT2D eigenvalue weighted by molar-refractivity contribution is 0.574. The van der Waals surface area contributed by atoms with Crippen LogP contribution in [0.3, 0.4) is 0 Å². The van der Waals surface area contributed by atoms with Crippen LogP contribution >= 0.6 is 0 Å². The van der Waals surface area contributed by atoms with Gasteiger partial charge in [0, 0.05) is 12.6 Å². The number of hydrogen-bond acceptors (Lipinski definition) is 4. The number of rotatable bonds is 5. The smallest absolute Gasteiger partial charge is 0.240 e. The molecule has 0 radical (unpaired) electrons. The fourth-order valence-electron chi connectivity index (χ4n) is 2.24. The minimum atomic E-state index is -3.66. The van der Waals surface area contributed by atoms with E-state index in [1.54, 1.807) is 18.2 Å². The minimum absolute atomic E-state index is 0.157. The molecule has 2 rings (SSSR count). The topological polar surface area (TPSA) is 84.2 Å². The molecule has 0 aromatic heterocycles. The van der Waals surface area contributed by atoms with Crippen LogP contribution in [-0.2, 0) is 10.0 Å². The van der Waals surface area contributed by atoms with Gasteiger partial charge in [-0.3, -0.25) is 0 Å². The molecule has 100 valence electrons. The van der Waals surface area contributed by atoms with Gasteiger partial charge in [0.25, 0.3) is 0 Å². The predicted molar refractivity (Wildman–Crippen MR) is 71.9 cm³/mol. The number of para-hydroxylation sites is 1. The third-order valence-corrected chi connectivity index (χ3v) is 4.13. The standard InChI is InChI=1S/C12H19N3O2S/c13-18(16,17)12-6-2-1-5-11(12)15-9-7-10-4-3-8-14-10/h1-2,5-6,10,14-15H,3-4,7-9H2,(H2,13,16,17)/t10-/m0/s1. The molecule has 1 aliphatic rings. The molecule has 0 amide bonds. The maximum absolute atomic E-state index is 11.4. The van der Waals surface area contributed by atoms with Crippen molar-refractivity contribution in [3.8, 4) is 0 Å². The summed E-state index contributed by atoms with van der Waals surface area (Å²) in [4.78, 5) is 0.157. The summed E-state index contributed by atoms with van der Waals surface area (Å²) in [6, 6.07) is 7.26. The van der Waals surface area contributed by atoms with Crippen LogP contribution in [-0.4, -0.2) is 27.5 Å². The summed E-state index contributed by atoms with van der Waals surface area (Å²) in [5.41, 5.74) is 0.581. The Labute approximate surface area is 108 Å². The summed E-state index contributed by atoms with van der Waals surface area (Å²) >= 11 is 0. The summed E-state index contributed by atoms with van der Waals surface area (Å²) in [5.74, 6) is 0. The number of primary sulfonamides is 1. The molecule has 4 N–H and O–H groups in total. The summed E-state index contributed by atoms with van der Waals surface area (Å²) in [6.07, 6.45) is 3.40. The van der Waals surface area contributed by atoms with Crippen molar-refractivity contribution in [1.29, 1.82) is 0 Å². The predicted octanol–water partition coefficient (Wildman–Crippen LogP) is 0.888. The SMILES string of the molecule is NS(=O)(=O)c1ccccc1NCC[C@@H]1CCCN1. The van der Waals surface area contributed by atoms with Crippen LogP contribution in [0.15, 0.2) is 29.2 Å². The zero-order valence-electron chi connectivity index (χ0n) is 10.2. The summed E-state index contributed by atoms with van der Waals surface area (Å²) < 4.78 is 22.8. The average Bonchev–Trinajstić information content (AvgIpc) is 2.81. The van der Waals surface area contributed by atoms with E-state index >= 15 is 0 Å². The van der Waals surface area contributed by atoms with Crippen LogP contribution in [0.4, 0.5) is 5.69 Å². The second-order valence-electron chi connectivity index (χ2n) is 4.55. The Morgan fingerprint density at radius 2 is 2.17 bits per heavy atom. The molecule has 1 aliphatic heterocycles. The van der Waals surface area contributed by atoms with Crippen molar-refractivity contribution in [3.05, 3.63) is 24.3 Å². The lowest BCUT2D eigenvalue weighted by atomic mass is 10.1. The van der Waals surface area contributed by atoms with Gasteiger partial charge in [0.2, 0.25) is 10.0 Å². The third kappa shape index (κ3) is 3.44. The lowest BCUT2D eigenvalue weighted by Gasteiger charge is -2.13. The van der Waals surface area contributed by atoms with Gasteiger partial charge in [-0.25, -0.2) is 13.6 Å². The summed E-state index contributed by atoms with van der Waals surface area (Å²) in [7, 11) is -3.66. The Bertz CT molecular complexity index is 496. The molecule has 1 atom stereocenters. The maximum Gasteiger partial charge on any atom is 0.240 e. The second-order valence-corrected chi connectivity index (χ2v) is 6.08. The van der Waals surface area contributed by atoms with Crippen LogP contribution in [0, 0.1) is 0 Å². The van der Waals surface area contributed by atoms with E-state index in [4.69, 9.17) is 5.14 Å². The maximum atomic E-state index is 11.4. The number of nitrogens with one attached hydrogen (secondary N) is 2. The first-order valence-corrected chi connectivity index (χ1v) is 7.71. The Balaban J connectivity index is 1.96. The zero-order valence-corrected chi connectivity index (χ0v) is 11.0. The van der Waals surface area contributed by atoms with Crippen molar-refractivity contribution in [2.75, 3.05) is 18.4 Å². The highest BCUT2D eigenvalue weighted by atomic mass is 32.2. The number of anilines is 1. The zero-order chi connectivity index (χ0) is 13.0. The normalized spacial score (nSPS) is 19.9. The third-order valence-electron chi connectivity index (χ3n) is 3.16. The van der Waals surface area contributed by atoms with Gasteiger partial charge in [-0.2, -0.15) is 0 Å². The molecular weight excluding hydrogens is 250 g/mol. The van der Waals surface area contributed by atoms with Gasteiger partial charge in [-0.1, -0.05) is 12.1 Å². The Morgan fingerprint density at radius 3 is 2.83 bits per heavy atom.